The molecule has 0 spiro atoms. The van der Waals surface area contributed by atoms with E-state index in [9.17, 15) is 0 Å². The summed E-state index contributed by atoms with van der Waals surface area (Å²) in [5, 5.41) is 0. The Balaban J connectivity index is 2.55. The van der Waals surface area contributed by atoms with Crippen LogP contribution in [0.4, 0.5) is 0 Å². The van der Waals surface area contributed by atoms with Crippen molar-refractivity contribution in [1.82, 2.24) is 0 Å². The molecule has 0 saturated carbocycles. The molecule has 2 atom stereocenters. The third kappa shape index (κ3) is 1.51. The summed E-state index contributed by atoms with van der Waals surface area (Å²) in [6.07, 6.45) is 1.72. The van der Waals surface area contributed by atoms with E-state index < -0.39 is 0 Å². The van der Waals surface area contributed by atoms with Crippen LogP contribution in [0, 0.1) is 11.3 Å². The monoisotopic (exact) mass is 142 g/mol. The highest BCUT2D eigenvalue weighted by Gasteiger charge is 2.34. The predicted molar refractivity (Wildman–Crippen MR) is 43.0 cm³/mol. The van der Waals surface area contributed by atoms with Crippen molar-refractivity contribution in [3.63, 3.8) is 0 Å². The van der Waals surface area contributed by atoms with Gasteiger partial charge in [0.2, 0.25) is 0 Å². The van der Waals surface area contributed by atoms with Crippen LogP contribution >= 0.6 is 0 Å². The second kappa shape index (κ2) is 2.54. The third-order valence-electron chi connectivity index (χ3n) is 2.24. The van der Waals surface area contributed by atoms with Gasteiger partial charge >= 0.3 is 0 Å². The van der Waals surface area contributed by atoms with Gasteiger partial charge in [0, 0.05) is 6.61 Å². The first-order valence-corrected chi connectivity index (χ1v) is 4.13. The molecule has 0 amide bonds. The summed E-state index contributed by atoms with van der Waals surface area (Å²) in [7, 11) is 0. The Morgan fingerprint density at radius 3 is 2.10 bits per heavy atom. The molecule has 0 aromatic carbocycles. The molecule has 0 aliphatic carbocycles. The molecule has 0 bridgehead atoms. The third-order valence-corrected chi connectivity index (χ3v) is 2.24. The molecule has 10 heavy (non-hydrogen) atoms. The SMILES string of the molecule is C[C@@H]1CCO[C@H]1C(C)(C)C. The van der Waals surface area contributed by atoms with E-state index in [2.05, 4.69) is 27.7 Å². The van der Waals surface area contributed by atoms with Gasteiger partial charge in [-0.05, 0) is 17.8 Å². The maximum Gasteiger partial charge on any atom is 0.0649 e. The first-order chi connectivity index (χ1) is 4.52. The van der Waals surface area contributed by atoms with E-state index in [4.69, 9.17) is 4.74 Å². The van der Waals surface area contributed by atoms with Crippen LogP contribution in [0.3, 0.4) is 0 Å². The molecule has 0 aromatic rings. The molecule has 1 rings (SSSR count). The topological polar surface area (TPSA) is 9.23 Å². The van der Waals surface area contributed by atoms with Gasteiger partial charge in [0.15, 0.2) is 0 Å². The number of rotatable bonds is 0. The Morgan fingerprint density at radius 2 is 1.90 bits per heavy atom. The molecule has 1 heteroatoms. The van der Waals surface area contributed by atoms with Crippen molar-refractivity contribution in [1.29, 1.82) is 0 Å². The fraction of sp³-hybridized carbons (Fsp3) is 1.00. The molecule has 1 aliphatic heterocycles. The average molecular weight is 142 g/mol. The van der Waals surface area contributed by atoms with E-state index in [0.717, 1.165) is 12.5 Å². The largest absolute Gasteiger partial charge is 0.377 e. The lowest BCUT2D eigenvalue weighted by Gasteiger charge is -2.29. The number of ether oxygens (including phenoxy) is 1. The smallest absolute Gasteiger partial charge is 0.0649 e. The van der Waals surface area contributed by atoms with Crippen LogP contribution < -0.4 is 0 Å². The molecular weight excluding hydrogens is 124 g/mol. The average Bonchev–Trinajstić information content (AvgIpc) is 2.11. The molecule has 1 heterocycles. The van der Waals surface area contributed by atoms with E-state index in [1.54, 1.807) is 0 Å². The van der Waals surface area contributed by atoms with Crippen molar-refractivity contribution in [2.24, 2.45) is 11.3 Å². The highest BCUT2D eigenvalue weighted by atomic mass is 16.5. The maximum absolute atomic E-state index is 5.63. The van der Waals surface area contributed by atoms with Gasteiger partial charge in [-0.25, -0.2) is 0 Å². The van der Waals surface area contributed by atoms with Gasteiger partial charge in [0.25, 0.3) is 0 Å². The minimum atomic E-state index is 0.329. The Labute approximate surface area is 63.8 Å². The van der Waals surface area contributed by atoms with Crippen LogP contribution in [-0.4, -0.2) is 12.7 Å². The van der Waals surface area contributed by atoms with Crippen LogP contribution in [0.15, 0.2) is 0 Å². The van der Waals surface area contributed by atoms with Crippen LogP contribution in [0.2, 0.25) is 0 Å². The Bertz CT molecular complexity index is 112. The summed E-state index contributed by atoms with van der Waals surface area (Å²) >= 11 is 0. The van der Waals surface area contributed by atoms with Gasteiger partial charge in [-0.3, -0.25) is 0 Å². The van der Waals surface area contributed by atoms with Crippen LogP contribution in [0.1, 0.15) is 34.1 Å². The van der Waals surface area contributed by atoms with Crippen molar-refractivity contribution in [2.45, 2.75) is 40.2 Å². The highest BCUT2D eigenvalue weighted by Crippen LogP contribution is 2.33. The summed E-state index contributed by atoms with van der Waals surface area (Å²) in [6.45, 7) is 9.99. The second-order valence-electron chi connectivity index (χ2n) is 4.42. The fourth-order valence-corrected chi connectivity index (χ4v) is 1.80. The Hall–Kier alpha value is -0.0400. The van der Waals surface area contributed by atoms with Crippen LogP contribution in [-0.2, 0) is 4.74 Å². The van der Waals surface area contributed by atoms with E-state index in [0.29, 0.717) is 11.5 Å². The first kappa shape index (κ1) is 8.06. The van der Waals surface area contributed by atoms with Crippen molar-refractivity contribution in [3.05, 3.63) is 0 Å². The molecule has 0 unspecified atom stereocenters. The molecule has 1 aliphatic rings. The van der Waals surface area contributed by atoms with E-state index in [1.807, 2.05) is 0 Å². The van der Waals surface area contributed by atoms with Gasteiger partial charge in [0.1, 0.15) is 0 Å². The van der Waals surface area contributed by atoms with Gasteiger partial charge in [-0.15, -0.1) is 0 Å². The van der Waals surface area contributed by atoms with Gasteiger partial charge in [-0.2, -0.15) is 0 Å². The quantitative estimate of drug-likeness (QED) is 0.505. The molecule has 0 aromatic heterocycles. The Morgan fingerprint density at radius 1 is 1.30 bits per heavy atom. The lowest BCUT2D eigenvalue weighted by Crippen LogP contribution is -2.29. The minimum Gasteiger partial charge on any atom is -0.377 e. The zero-order valence-corrected chi connectivity index (χ0v) is 7.48. The summed E-state index contributed by atoms with van der Waals surface area (Å²) < 4.78 is 5.63. The van der Waals surface area contributed by atoms with E-state index in [1.165, 1.54) is 6.42 Å². The Kier molecular flexibility index (Phi) is 2.04. The van der Waals surface area contributed by atoms with Gasteiger partial charge in [-0.1, -0.05) is 27.7 Å². The van der Waals surface area contributed by atoms with Gasteiger partial charge in [0.05, 0.1) is 6.10 Å². The molecule has 1 nitrogen and oxygen atoms in total. The number of hydrogen-bond donors (Lipinski definition) is 0. The molecular formula is C9H18O. The lowest BCUT2D eigenvalue weighted by molar-refractivity contribution is 0.0106. The van der Waals surface area contributed by atoms with Crippen molar-refractivity contribution >= 4 is 0 Å². The van der Waals surface area contributed by atoms with Crippen molar-refractivity contribution in [3.8, 4) is 0 Å². The predicted octanol–water partition coefficient (Wildman–Crippen LogP) is 2.46. The van der Waals surface area contributed by atoms with Crippen LogP contribution in [0.25, 0.3) is 0 Å². The van der Waals surface area contributed by atoms with Crippen molar-refractivity contribution < 1.29 is 4.74 Å². The summed E-state index contributed by atoms with van der Waals surface area (Å²) in [5.74, 6) is 0.750. The summed E-state index contributed by atoms with van der Waals surface area (Å²) in [4.78, 5) is 0. The molecule has 0 N–H and O–H groups in total. The standard InChI is InChI=1S/C9H18O/c1-7-5-6-10-8(7)9(2,3)4/h7-8H,5-6H2,1-4H3/t7-,8-/m1/s1. The fourth-order valence-electron chi connectivity index (χ4n) is 1.80. The van der Waals surface area contributed by atoms with Crippen LogP contribution in [0.5, 0.6) is 0 Å². The lowest BCUT2D eigenvalue weighted by atomic mass is 9.82. The zero-order chi connectivity index (χ0) is 7.78. The van der Waals surface area contributed by atoms with E-state index >= 15 is 0 Å². The van der Waals surface area contributed by atoms with E-state index in [-0.39, 0.29) is 0 Å². The minimum absolute atomic E-state index is 0.329. The first-order valence-electron chi connectivity index (χ1n) is 4.13. The number of hydrogen-bond acceptors (Lipinski definition) is 1. The molecule has 0 radical (unpaired) electrons. The molecule has 1 saturated heterocycles. The normalized spacial score (nSPS) is 34.8. The maximum atomic E-state index is 5.63. The van der Waals surface area contributed by atoms with Crippen molar-refractivity contribution in [2.75, 3.05) is 6.61 Å². The second-order valence-corrected chi connectivity index (χ2v) is 4.42. The summed E-state index contributed by atoms with van der Waals surface area (Å²) in [5.41, 5.74) is 0.329. The molecule has 60 valence electrons. The highest BCUT2D eigenvalue weighted by molar-refractivity contribution is 4.82. The zero-order valence-electron chi connectivity index (χ0n) is 7.48. The van der Waals surface area contributed by atoms with Gasteiger partial charge < -0.3 is 4.74 Å². The summed E-state index contributed by atoms with van der Waals surface area (Å²) in [6, 6.07) is 0. The molecule has 1 fully saturated rings.